The highest BCUT2D eigenvalue weighted by molar-refractivity contribution is 5.93. The average molecular weight is 432 g/mol. The SMILES string of the molecule is CCOC(=O)NC(CC)CCC(C)CN1CCC(C)(N(C(C)=O)c2ccccc2)CC1. The number of alkyl carbamates (subject to hydrolysis) is 1. The van der Waals surface area contributed by atoms with Crippen LogP contribution in [-0.4, -0.2) is 54.7 Å². The zero-order valence-corrected chi connectivity index (χ0v) is 20.0. The molecule has 2 amide bonds. The van der Waals surface area contributed by atoms with Crippen molar-refractivity contribution in [1.29, 1.82) is 0 Å². The number of nitrogens with zero attached hydrogens (tertiary/aromatic N) is 2. The van der Waals surface area contributed by atoms with Crippen LogP contribution in [0.5, 0.6) is 0 Å². The van der Waals surface area contributed by atoms with E-state index in [-0.39, 0.29) is 23.6 Å². The van der Waals surface area contributed by atoms with Crippen LogP contribution in [0.3, 0.4) is 0 Å². The summed E-state index contributed by atoms with van der Waals surface area (Å²) in [6.45, 7) is 13.5. The Kier molecular flexibility index (Phi) is 9.82. The van der Waals surface area contributed by atoms with Gasteiger partial charge in [-0.3, -0.25) is 4.79 Å². The van der Waals surface area contributed by atoms with Gasteiger partial charge in [-0.05, 0) is 64.0 Å². The Labute approximate surface area is 188 Å². The van der Waals surface area contributed by atoms with Crippen LogP contribution >= 0.6 is 0 Å². The Bertz CT molecular complexity index is 687. The largest absolute Gasteiger partial charge is 0.450 e. The van der Waals surface area contributed by atoms with E-state index in [1.807, 2.05) is 42.2 Å². The molecule has 1 aromatic carbocycles. The first-order valence-corrected chi connectivity index (χ1v) is 11.8. The van der Waals surface area contributed by atoms with Crippen molar-refractivity contribution in [2.75, 3.05) is 31.1 Å². The monoisotopic (exact) mass is 431 g/mol. The maximum Gasteiger partial charge on any atom is 0.407 e. The molecule has 31 heavy (non-hydrogen) atoms. The normalized spacial score (nSPS) is 18.1. The van der Waals surface area contributed by atoms with Crippen molar-refractivity contribution >= 4 is 17.7 Å². The zero-order valence-electron chi connectivity index (χ0n) is 20.0. The van der Waals surface area contributed by atoms with Gasteiger partial charge in [-0.2, -0.15) is 0 Å². The third-order valence-corrected chi connectivity index (χ3v) is 6.47. The fourth-order valence-electron chi connectivity index (χ4n) is 4.63. The van der Waals surface area contributed by atoms with Gasteiger partial charge >= 0.3 is 6.09 Å². The number of hydrogen-bond donors (Lipinski definition) is 1. The fourth-order valence-corrected chi connectivity index (χ4v) is 4.63. The van der Waals surface area contributed by atoms with Crippen LogP contribution in [0.1, 0.15) is 66.7 Å². The molecule has 1 heterocycles. The zero-order chi connectivity index (χ0) is 22.9. The lowest BCUT2D eigenvalue weighted by Gasteiger charge is -2.47. The summed E-state index contributed by atoms with van der Waals surface area (Å²) in [5, 5.41) is 2.96. The molecule has 174 valence electrons. The predicted molar refractivity (Wildman–Crippen MR) is 126 cm³/mol. The third-order valence-electron chi connectivity index (χ3n) is 6.47. The van der Waals surface area contributed by atoms with Crippen molar-refractivity contribution < 1.29 is 14.3 Å². The van der Waals surface area contributed by atoms with Crippen molar-refractivity contribution in [3.63, 3.8) is 0 Å². The van der Waals surface area contributed by atoms with Crippen molar-refractivity contribution in [3.05, 3.63) is 30.3 Å². The van der Waals surface area contributed by atoms with Gasteiger partial charge in [0.1, 0.15) is 0 Å². The summed E-state index contributed by atoms with van der Waals surface area (Å²) in [6.07, 6.45) is 4.57. The fraction of sp³-hybridized carbons (Fsp3) is 0.680. The number of rotatable bonds is 10. The topological polar surface area (TPSA) is 61.9 Å². The summed E-state index contributed by atoms with van der Waals surface area (Å²) in [5.41, 5.74) is 0.836. The lowest BCUT2D eigenvalue weighted by molar-refractivity contribution is -0.118. The van der Waals surface area contributed by atoms with Gasteiger partial charge in [-0.15, -0.1) is 0 Å². The van der Waals surface area contributed by atoms with E-state index in [1.54, 1.807) is 6.92 Å². The van der Waals surface area contributed by atoms with Gasteiger partial charge in [0.15, 0.2) is 0 Å². The summed E-state index contributed by atoms with van der Waals surface area (Å²) in [5.74, 6) is 0.663. The quantitative estimate of drug-likeness (QED) is 0.576. The summed E-state index contributed by atoms with van der Waals surface area (Å²) < 4.78 is 5.00. The van der Waals surface area contributed by atoms with Gasteiger partial charge < -0.3 is 19.9 Å². The first kappa shape index (κ1) is 25.2. The first-order valence-electron chi connectivity index (χ1n) is 11.8. The molecule has 2 unspecified atom stereocenters. The highest BCUT2D eigenvalue weighted by Crippen LogP contribution is 2.33. The van der Waals surface area contributed by atoms with Crippen molar-refractivity contribution in [2.45, 2.75) is 78.3 Å². The first-order chi connectivity index (χ1) is 14.8. The number of para-hydroxylation sites is 1. The molecule has 0 radical (unpaired) electrons. The van der Waals surface area contributed by atoms with Gasteiger partial charge in [-0.25, -0.2) is 4.79 Å². The highest BCUT2D eigenvalue weighted by Gasteiger charge is 2.38. The Morgan fingerprint density at radius 1 is 1.16 bits per heavy atom. The van der Waals surface area contributed by atoms with E-state index in [9.17, 15) is 9.59 Å². The lowest BCUT2D eigenvalue weighted by atomic mass is 9.86. The van der Waals surface area contributed by atoms with Gasteiger partial charge in [0.25, 0.3) is 0 Å². The van der Waals surface area contributed by atoms with Crippen LogP contribution in [0.2, 0.25) is 0 Å². The van der Waals surface area contributed by atoms with Crippen LogP contribution in [0, 0.1) is 5.92 Å². The molecule has 1 N–H and O–H groups in total. The Balaban J connectivity index is 1.83. The number of hydrogen-bond acceptors (Lipinski definition) is 4. The number of likely N-dealkylation sites (tertiary alicyclic amines) is 1. The third kappa shape index (κ3) is 7.53. The van der Waals surface area contributed by atoms with E-state index < -0.39 is 0 Å². The van der Waals surface area contributed by atoms with Crippen LogP contribution in [0.15, 0.2) is 30.3 Å². The van der Waals surface area contributed by atoms with Gasteiger partial charge in [0.05, 0.1) is 6.61 Å². The second-order valence-electron chi connectivity index (χ2n) is 9.14. The second kappa shape index (κ2) is 12.1. The van der Waals surface area contributed by atoms with Crippen molar-refractivity contribution in [1.82, 2.24) is 10.2 Å². The molecule has 1 aromatic rings. The number of benzene rings is 1. The molecule has 0 aromatic heterocycles. The molecule has 1 saturated heterocycles. The van der Waals surface area contributed by atoms with E-state index in [4.69, 9.17) is 4.74 Å². The van der Waals surface area contributed by atoms with Gasteiger partial charge in [0.2, 0.25) is 5.91 Å². The molecular formula is C25H41N3O3. The average Bonchev–Trinajstić information content (AvgIpc) is 2.73. The van der Waals surface area contributed by atoms with E-state index in [0.29, 0.717) is 12.5 Å². The summed E-state index contributed by atoms with van der Waals surface area (Å²) in [7, 11) is 0. The summed E-state index contributed by atoms with van der Waals surface area (Å²) in [6, 6.07) is 10.2. The van der Waals surface area contributed by atoms with E-state index in [0.717, 1.165) is 57.4 Å². The van der Waals surface area contributed by atoms with Gasteiger partial charge in [0, 0.05) is 43.8 Å². The minimum Gasteiger partial charge on any atom is -0.450 e. The number of piperidine rings is 1. The predicted octanol–water partition coefficient (Wildman–Crippen LogP) is 4.84. The molecule has 0 spiro atoms. The van der Waals surface area contributed by atoms with Crippen LogP contribution in [-0.2, 0) is 9.53 Å². The van der Waals surface area contributed by atoms with Crippen molar-refractivity contribution in [2.24, 2.45) is 5.92 Å². The minimum atomic E-state index is -0.314. The molecule has 1 aliphatic heterocycles. The van der Waals surface area contributed by atoms with Crippen molar-refractivity contribution in [3.8, 4) is 0 Å². The molecule has 0 saturated carbocycles. The van der Waals surface area contributed by atoms with E-state index in [2.05, 4.69) is 31.0 Å². The van der Waals surface area contributed by atoms with Crippen LogP contribution < -0.4 is 10.2 Å². The van der Waals surface area contributed by atoms with E-state index in [1.165, 1.54) is 0 Å². The number of amides is 2. The number of carbonyl (C=O) groups is 2. The molecule has 6 nitrogen and oxygen atoms in total. The standard InChI is InChI=1S/C25H41N3O3/c1-6-22(26-24(30)31-7-2)14-13-20(3)19-27-17-15-25(5,16-18-27)28(21(4)29)23-11-9-8-10-12-23/h8-12,20,22H,6-7,13-19H2,1-5H3,(H,26,30). The van der Waals surface area contributed by atoms with E-state index >= 15 is 0 Å². The molecule has 2 atom stereocenters. The summed E-state index contributed by atoms with van der Waals surface area (Å²) >= 11 is 0. The second-order valence-corrected chi connectivity index (χ2v) is 9.14. The highest BCUT2D eigenvalue weighted by atomic mass is 16.5. The maximum absolute atomic E-state index is 12.5. The number of ether oxygens (including phenoxy) is 1. The smallest absolute Gasteiger partial charge is 0.407 e. The Hall–Kier alpha value is -2.08. The Morgan fingerprint density at radius 3 is 2.35 bits per heavy atom. The number of anilines is 1. The lowest BCUT2D eigenvalue weighted by Crippen LogP contribution is -2.56. The Morgan fingerprint density at radius 2 is 1.81 bits per heavy atom. The number of carbonyl (C=O) groups excluding carboxylic acids is 2. The molecular weight excluding hydrogens is 390 g/mol. The number of nitrogens with one attached hydrogen (secondary N) is 1. The molecule has 1 fully saturated rings. The van der Waals surface area contributed by atoms with Gasteiger partial charge in [-0.1, -0.05) is 32.0 Å². The maximum atomic E-state index is 12.5. The minimum absolute atomic E-state index is 0.107. The molecule has 2 rings (SSSR count). The van der Waals surface area contributed by atoms with Crippen LogP contribution in [0.25, 0.3) is 0 Å². The van der Waals surface area contributed by atoms with Crippen LogP contribution in [0.4, 0.5) is 10.5 Å². The molecule has 0 aliphatic carbocycles. The molecule has 1 aliphatic rings. The summed E-state index contributed by atoms with van der Waals surface area (Å²) in [4.78, 5) is 28.7. The molecule has 0 bridgehead atoms. The molecule has 6 heteroatoms.